The predicted octanol–water partition coefficient (Wildman–Crippen LogP) is 2.00. The van der Waals surface area contributed by atoms with Gasteiger partial charge in [-0.2, -0.15) is 0 Å². The number of hydrogen-bond acceptors (Lipinski definition) is 2. The van der Waals surface area contributed by atoms with Gasteiger partial charge in [0, 0.05) is 32.4 Å². The SMILES string of the molecule is CN(CC1CCC1)C(=O)C1CCC(=O)CC1. The van der Waals surface area contributed by atoms with Gasteiger partial charge in [-0.25, -0.2) is 0 Å². The molecule has 0 unspecified atom stereocenters. The average molecular weight is 223 g/mol. The molecule has 0 aromatic carbocycles. The standard InChI is InChI=1S/C13H21NO2/c1-14(9-10-3-2-4-10)13(16)11-5-7-12(15)8-6-11/h10-11H,2-9H2,1H3. The molecule has 0 aromatic rings. The van der Waals surface area contributed by atoms with Crippen molar-refractivity contribution in [3.05, 3.63) is 0 Å². The van der Waals surface area contributed by atoms with Crippen LogP contribution in [0.3, 0.4) is 0 Å². The second-order valence-electron chi connectivity index (χ2n) is 5.33. The summed E-state index contributed by atoms with van der Waals surface area (Å²) in [6.45, 7) is 0.920. The topological polar surface area (TPSA) is 37.4 Å². The minimum Gasteiger partial charge on any atom is -0.345 e. The van der Waals surface area contributed by atoms with Gasteiger partial charge in [-0.05, 0) is 31.6 Å². The summed E-state index contributed by atoms with van der Waals surface area (Å²) in [7, 11) is 1.91. The van der Waals surface area contributed by atoms with Crippen molar-refractivity contribution in [3.8, 4) is 0 Å². The van der Waals surface area contributed by atoms with Gasteiger partial charge in [0.2, 0.25) is 5.91 Å². The Morgan fingerprint density at radius 1 is 1.25 bits per heavy atom. The number of amides is 1. The van der Waals surface area contributed by atoms with Crippen LogP contribution in [0.15, 0.2) is 0 Å². The summed E-state index contributed by atoms with van der Waals surface area (Å²) < 4.78 is 0. The van der Waals surface area contributed by atoms with Gasteiger partial charge in [0.15, 0.2) is 0 Å². The first-order chi connectivity index (χ1) is 7.66. The number of nitrogens with zero attached hydrogens (tertiary/aromatic N) is 1. The van der Waals surface area contributed by atoms with Crippen molar-refractivity contribution in [3.63, 3.8) is 0 Å². The zero-order valence-corrected chi connectivity index (χ0v) is 10.1. The molecule has 0 saturated heterocycles. The van der Waals surface area contributed by atoms with Crippen LogP contribution in [-0.4, -0.2) is 30.2 Å². The lowest BCUT2D eigenvalue weighted by Gasteiger charge is -2.32. The molecule has 0 radical (unpaired) electrons. The summed E-state index contributed by atoms with van der Waals surface area (Å²) >= 11 is 0. The number of Topliss-reactive ketones (excluding diaryl/α,β-unsaturated/α-hetero) is 1. The Bertz CT molecular complexity index is 274. The van der Waals surface area contributed by atoms with Crippen LogP contribution in [0.2, 0.25) is 0 Å². The van der Waals surface area contributed by atoms with Gasteiger partial charge >= 0.3 is 0 Å². The minimum absolute atomic E-state index is 0.114. The largest absolute Gasteiger partial charge is 0.345 e. The van der Waals surface area contributed by atoms with Crippen molar-refractivity contribution >= 4 is 11.7 Å². The maximum absolute atomic E-state index is 12.1. The summed E-state index contributed by atoms with van der Waals surface area (Å²) in [6, 6.07) is 0. The fraction of sp³-hybridized carbons (Fsp3) is 0.846. The maximum Gasteiger partial charge on any atom is 0.225 e. The summed E-state index contributed by atoms with van der Waals surface area (Å²) in [5.74, 6) is 1.44. The number of carbonyl (C=O) groups excluding carboxylic acids is 2. The predicted molar refractivity (Wildman–Crippen MR) is 61.9 cm³/mol. The van der Waals surface area contributed by atoms with Crippen molar-refractivity contribution < 1.29 is 9.59 Å². The minimum atomic E-state index is 0.114. The molecule has 1 amide bonds. The molecule has 3 nitrogen and oxygen atoms in total. The Hall–Kier alpha value is -0.860. The highest BCUT2D eigenvalue weighted by molar-refractivity contribution is 5.84. The Labute approximate surface area is 97.2 Å². The maximum atomic E-state index is 12.1. The van der Waals surface area contributed by atoms with E-state index in [1.54, 1.807) is 0 Å². The van der Waals surface area contributed by atoms with Crippen molar-refractivity contribution in [2.24, 2.45) is 11.8 Å². The highest BCUT2D eigenvalue weighted by atomic mass is 16.2. The summed E-state index contributed by atoms with van der Waals surface area (Å²) in [5.41, 5.74) is 0. The normalized spacial score (nSPS) is 22.9. The van der Waals surface area contributed by atoms with E-state index in [1.807, 2.05) is 11.9 Å². The molecule has 2 aliphatic carbocycles. The third-order valence-corrected chi connectivity index (χ3v) is 4.03. The molecule has 0 aliphatic heterocycles. The van der Waals surface area contributed by atoms with Crippen molar-refractivity contribution in [2.75, 3.05) is 13.6 Å². The molecule has 90 valence electrons. The van der Waals surface area contributed by atoms with E-state index in [1.165, 1.54) is 19.3 Å². The number of carbonyl (C=O) groups is 2. The van der Waals surface area contributed by atoms with Crippen LogP contribution in [0, 0.1) is 11.8 Å². The Morgan fingerprint density at radius 3 is 2.38 bits per heavy atom. The highest BCUT2D eigenvalue weighted by Gasteiger charge is 2.29. The second kappa shape index (κ2) is 4.98. The van der Waals surface area contributed by atoms with E-state index in [4.69, 9.17) is 0 Å². The van der Waals surface area contributed by atoms with Crippen LogP contribution in [0.5, 0.6) is 0 Å². The van der Waals surface area contributed by atoms with E-state index in [-0.39, 0.29) is 11.8 Å². The molecule has 0 N–H and O–H groups in total. The first kappa shape index (κ1) is 11.6. The van der Waals surface area contributed by atoms with Gasteiger partial charge in [-0.15, -0.1) is 0 Å². The Kier molecular flexibility index (Phi) is 3.62. The van der Waals surface area contributed by atoms with Crippen LogP contribution in [0.1, 0.15) is 44.9 Å². The fourth-order valence-electron chi connectivity index (χ4n) is 2.65. The molecule has 0 atom stereocenters. The Balaban J connectivity index is 1.78. The smallest absolute Gasteiger partial charge is 0.225 e. The average Bonchev–Trinajstić information content (AvgIpc) is 2.23. The molecule has 0 bridgehead atoms. The van der Waals surface area contributed by atoms with Gasteiger partial charge < -0.3 is 4.90 Å². The first-order valence-electron chi connectivity index (χ1n) is 6.43. The molecule has 16 heavy (non-hydrogen) atoms. The third-order valence-electron chi connectivity index (χ3n) is 4.03. The third kappa shape index (κ3) is 2.63. The molecule has 0 heterocycles. The van der Waals surface area contributed by atoms with Crippen LogP contribution >= 0.6 is 0 Å². The van der Waals surface area contributed by atoms with Crippen LogP contribution < -0.4 is 0 Å². The Morgan fingerprint density at radius 2 is 1.88 bits per heavy atom. The van der Waals surface area contributed by atoms with Crippen LogP contribution in [-0.2, 0) is 9.59 Å². The highest BCUT2D eigenvalue weighted by Crippen LogP contribution is 2.28. The molecular formula is C13H21NO2. The van der Waals surface area contributed by atoms with Gasteiger partial charge in [0.25, 0.3) is 0 Å². The van der Waals surface area contributed by atoms with E-state index in [0.29, 0.717) is 18.6 Å². The lowest BCUT2D eigenvalue weighted by Crippen LogP contribution is -2.39. The second-order valence-corrected chi connectivity index (χ2v) is 5.33. The van der Waals surface area contributed by atoms with Crippen LogP contribution in [0.4, 0.5) is 0 Å². The van der Waals surface area contributed by atoms with E-state index >= 15 is 0 Å². The lowest BCUT2D eigenvalue weighted by molar-refractivity contribution is -0.137. The molecule has 2 saturated carbocycles. The first-order valence-corrected chi connectivity index (χ1v) is 6.43. The van der Waals surface area contributed by atoms with Gasteiger partial charge in [-0.3, -0.25) is 9.59 Å². The molecule has 0 spiro atoms. The zero-order chi connectivity index (χ0) is 11.5. The van der Waals surface area contributed by atoms with Crippen LogP contribution in [0.25, 0.3) is 0 Å². The molecular weight excluding hydrogens is 202 g/mol. The lowest BCUT2D eigenvalue weighted by atomic mass is 9.84. The van der Waals surface area contributed by atoms with Crippen molar-refractivity contribution in [1.82, 2.24) is 4.90 Å². The monoisotopic (exact) mass is 223 g/mol. The summed E-state index contributed by atoms with van der Waals surface area (Å²) in [4.78, 5) is 25.1. The van der Waals surface area contributed by atoms with Gasteiger partial charge in [0.1, 0.15) is 5.78 Å². The molecule has 0 aromatic heterocycles. The van der Waals surface area contributed by atoms with Crippen molar-refractivity contribution in [1.29, 1.82) is 0 Å². The van der Waals surface area contributed by atoms with Gasteiger partial charge in [-0.1, -0.05) is 6.42 Å². The van der Waals surface area contributed by atoms with E-state index in [2.05, 4.69) is 0 Å². The summed E-state index contributed by atoms with van der Waals surface area (Å²) in [6.07, 6.45) is 6.63. The van der Waals surface area contributed by atoms with E-state index in [9.17, 15) is 9.59 Å². The van der Waals surface area contributed by atoms with E-state index in [0.717, 1.165) is 25.3 Å². The molecule has 2 aliphatic rings. The van der Waals surface area contributed by atoms with E-state index < -0.39 is 0 Å². The number of ketones is 1. The number of rotatable bonds is 3. The zero-order valence-electron chi connectivity index (χ0n) is 10.1. The van der Waals surface area contributed by atoms with Crippen molar-refractivity contribution in [2.45, 2.75) is 44.9 Å². The molecule has 2 rings (SSSR count). The van der Waals surface area contributed by atoms with Gasteiger partial charge in [0.05, 0.1) is 0 Å². The molecule has 3 heteroatoms. The summed E-state index contributed by atoms with van der Waals surface area (Å²) in [5, 5.41) is 0. The fourth-order valence-corrected chi connectivity index (χ4v) is 2.65. The number of hydrogen-bond donors (Lipinski definition) is 0. The molecule has 2 fully saturated rings. The quantitative estimate of drug-likeness (QED) is 0.734.